The van der Waals surface area contributed by atoms with Gasteiger partial charge >= 0.3 is 0 Å². The van der Waals surface area contributed by atoms with E-state index in [2.05, 4.69) is 5.32 Å². The molecule has 0 unspecified atom stereocenters. The summed E-state index contributed by atoms with van der Waals surface area (Å²) in [6.45, 7) is 0.120. The van der Waals surface area contributed by atoms with E-state index in [9.17, 15) is 4.79 Å². The molecule has 134 valence electrons. The second-order valence-corrected chi connectivity index (χ2v) is 6.96. The van der Waals surface area contributed by atoms with Crippen LogP contribution in [0, 0.1) is 0 Å². The zero-order chi connectivity index (χ0) is 18.8. The number of hydrogen-bond donors (Lipinski definition) is 1. The molecule has 0 atom stereocenters. The van der Waals surface area contributed by atoms with E-state index in [0.29, 0.717) is 15.7 Å². The number of carbonyl (C=O) groups is 1. The van der Waals surface area contributed by atoms with Crippen molar-refractivity contribution in [1.29, 1.82) is 0 Å². The molecule has 1 N–H and O–H groups in total. The molecule has 0 bridgehead atoms. The molecule has 0 spiro atoms. The first-order valence-electron chi connectivity index (χ1n) is 8.37. The molecule has 4 rings (SSSR count). The molecule has 3 aromatic carbocycles. The lowest BCUT2D eigenvalue weighted by atomic mass is 10.2. The third kappa shape index (κ3) is 3.82. The molecule has 0 radical (unpaired) electrons. The lowest BCUT2D eigenvalue weighted by Crippen LogP contribution is -2.19. The third-order valence-corrected chi connectivity index (χ3v) is 4.57. The number of benzene rings is 3. The number of fused-ring (bicyclic) bond motifs is 1. The number of halogens is 2. The summed E-state index contributed by atoms with van der Waals surface area (Å²) in [4.78, 5) is 17.4. The molecular formula is C21H15Cl2N3O. The van der Waals surface area contributed by atoms with Crippen LogP contribution in [0.3, 0.4) is 0 Å². The molecule has 0 aliphatic rings. The van der Waals surface area contributed by atoms with E-state index < -0.39 is 0 Å². The third-order valence-electron chi connectivity index (χ3n) is 4.13. The first kappa shape index (κ1) is 17.6. The normalized spacial score (nSPS) is 10.9. The Hall–Kier alpha value is -2.82. The fourth-order valence-corrected chi connectivity index (χ4v) is 3.54. The first-order chi connectivity index (χ1) is 13.1. The summed E-state index contributed by atoms with van der Waals surface area (Å²) < 4.78 is 1.91. The molecule has 0 fully saturated rings. The van der Waals surface area contributed by atoms with Crippen molar-refractivity contribution in [3.63, 3.8) is 0 Å². The maximum Gasteiger partial charge on any atom is 0.244 e. The van der Waals surface area contributed by atoms with Gasteiger partial charge in [0.1, 0.15) is 12.4 Å². The number of carbonyl (C=O) groups excluding carboxylic acids is 1. The maximum atomic E-state index is 12.7. The second kappa shape index (κ2) is 7.43. The Kier molecular flexibility index (Phi) is 4.84. The van der Waals surface area contributed by atoms with E-state index in [1.165, 1.54) is 0 Å². The second-order valence-electron chi connectivity index (χ2n) is 6.08. The molecule has 1 heterocycles. The Morgan fingerprint density at radius 1 is 0.926 bits per heavy atom. The minimum absolute atomic E-state index is 0.120. The van der Waals surface area contributed by atoms with E-state index in [4.69, 9.17) is 28.2 Å². The predicted octanol–water partition coefficient (Wildman–Crippen LogP) is 5.65. The van der Waals surface area contributed by atoms with Crippen LogP contribution >= 0.6 is 23.2 Å². The van der Waals surface area contributed by atoms with Crippen LogP contribution in [0.5, 0.6) is 0 Å². The van der Waals surface area contributed by atoms with Crippen molar-refractivity contribution < 1.29 is 4.79 Å². The van der Waals surface area contributed by atoms with Gasteiger partial charge in [0, 0.05) is 21.3 Å². The molecule has 6 heteroatoms. The number of aromatic nitrogens is 2. The number of nitrogens with zero attached hydrogens (tertiary/aromatic N) is 2. The number of hydrogen-bond acceptors (Lipinski definition) is 2. The van der Waals surface area contributed by atoms with Crippen molar-refractivity contribution >= 4 is 45.8 Å². The summed E-state index contributed by atoms with van der Waals surface area (Å²) >= 11 is 12.0. The molecular weight excluding hydrogens is 381 g/mol. The number of anilines is 1. The van der Waals surface area contributed by atoms with Gasteiger partial charge in [-0.3, -0.25) is 4.79 Å². The smallest absolute Gasteiger partial charge is 0.244 e. The van der Waals surface area contributed by atoms with E-state index >= 15 is 0 Å². The summed E-state index contributed by atoms with van der Waals surface area (Å²) in [5.41, 5.74) is 3.25. The fourth-order valence-electron chi connectivity index (χ4n) is 3.01. The SMILES string of the molecule is O=C(Cn1c(-c2ccccc2)nc2ccccc21)Nc1cc(Cl)cc(Cl)c1. The summed E-state index contributed by atoms with van der Waals surface area (Å²) in [5, 5.41) is 3.79. The highest BCUT2D eigenvalue weighted by molar-refractivity contribution is 6.35. The van der Waals surface area contributed by atoms with Crippen molar-refractivity contribution in [1.82, 2.24) is 9.55 Å². The first-order valence-corrected chi connectivity index (χ1v) is 9.12. The Labute approximate surface area is 166 Å². The lowest BCUT2D eigenvalue weighted by molar-refractivity contribution is -0.116. The summed E-state index contributed by atoms with van der Waals surface area (Å²) in [6.07, 6.45) is 0. The average Bonchev–Trinajstić information content (AvgIpc) is 3.00. The summed E-state index contributed by atoms with van der Waals surface area (Å²) in [6, 6.07) is 22.5. The molecule has 27 heavy (non-hydrogen) atoms. The molecule has 0 saturated heterocycles. The predicted molar refractivity (Wildman–Crippen MR) is 110 cm³/mol. The van der Waals surface area contributed by atoms with Crippen LogP contribution in [0.1, 0.15) is 0 Å². The molecule has 1 aromatic heterocycles. The quantitative estimate of drug-likeness (QED) is 0.485. The largest absolute Gasteiger partial charge is 0.324 e. The van der Waals surface area contributed by atoms with Gasteiger partial charge in [0.25, 0.3) is 0 Å². The molecule has 0 aliphatic carbocycles. The molecule has 0 aliphatic heterocycles. The van der Waals surface area contributed by atoms with Gasteiger partial charge in [-0.2, -0.15) is 0 Å². The van der Waals surface area contributed by atoms with Gasteiger partial charge in [-0.1, -0.05) is 65.7 Å². The molecule has 0 saturated carbocycles. The van der Waals surface area contributed by atoms with Crippen molar-refractivity contribution in [2.75, 3.05) is 5.32 Å². The van der Waals surface area contributed by atoms with Crippen molar-refractivity contribution in [3.05, 3.63) is 82.8 Å². The minimum atomic E-state index is -0.186. The van der Waals surface area contributed by atoms with E-state index in [-0.39, 0.29) is 12.5 Å². The van der Waals surface area contributed by atoms with Crippen LogP contribution in [0.15, 0.2) is 72.8 Å². The van der Waals surface area contributed by atoms with Gasteiger partial charge < -0.3 is 9.88 Å². The van der Waals surface area contributed by atoms with Gasteiger partial charge in [0.15, 0.2) is 0 Å². The lowest BCUT2D eigenvalue weighted by Gasteiger charge is -2.11. The van der Waals surface area contributed by atoms with E-state index in [0.717, 1.165) is 22.4 Å². The zero-order valence-corrected chi connectivity index (χ0v) is 15.7. The summed E-state index contributed by atoms with van der Waals surface area (Å²) in [5.74, 6) is 0.560. The monoisotopic (exact) mass is 395 g/mol. The van der Waals surface area contributed by atoms with Gasteiger partial charge in [0.05, 0.1) is 11.0 Å². The highest BCUT2D eigenvalue weighted by Crippen LogP contribution is 2.26. The van der Waals surface area contributed by atoms with Gasteiger partial charge in [-0.25, -0.2) is 4.98 Å². The van der Waals surface area contributed by atoms with Crippen molar-refractivity contribution in [2.24, 2.45) is 0 Å². The van der Waals surface area contributed by atoms with Crippen LogP contribution in [0.4, 0.5) is 5.69 Å². The number of para-hydroxylation sites is 2. The number of imidazole rings is 1. The van der Waals surface area contributed by atoms with E-state index in [1.807, 2.05) is 59.2 Å². The molecule has 4 aromatic rings. The Balaban J connectivity index is 1.69. The number of nitrogens with one attached hydrogen (secondary N) is 1. The van der Waals surface area contributed by atoms with Gasteiger partial charge in [-0.15, -0.1) is 0 Å². The van der Waals surface area contributed by atoms with Crippen LogP contribution < -0.4 is 5.32 Å². The highest BCUT2D eigenvalue weighted by Gasteiger charge is 2.15. The standard InChI is InChI=1S/C21H15Cl2N3O/c22-15-10-16(23)12-17(11-15)24-20(27)13-26-19-9-5-4-8-18(19)25-21(26)14-6-2-1-3-7-14/h1-12H,13H2,(H,24,27). The Bertz CT molecular complexity index is 1100. The summed E-state index contributed by atoms with van der Waals surface area (Å²) in [7, 11) is 0. The fraction of sp³-hybridized carbons (Fsp3) is 0.0476. The zero-order valence-electron chi connectivity index (χ0n) is 14.2. The van der Waals surface area contributed by atoms with Gasteiger partial charge in [-0.05, 0) is 30.3 Å². The van der Waals surface area contributed by atoms with Crippen LogP contribution in [-0.4, -0.2) is 15.5 Å². The highest BCUT2D eigenvalue weighted by atomic mass is 35.5. The van der Waals surface area contributed by atoms with Crippen LogP contribution in [0.2, 0.25) is 10.0 Å². The van der Waals surface area contributed by atoms with Crippen molar-refractivity contribution in [3.8, 4) is 11.4 Å². The number of rotatable bonds is 4. The maximum absolute atomic E-state index is 12.7. The topological polar surface area (TPSA) is 46.9 Å². The van der Waals surface area contributed by atoms with Gasteiger partial charge in [0.2, 0.25) is 5.91 Å². The van der Waals surface area contributed by atoms with Crippen LogP contribution in [0.25, 0.3) is 22.4 Å². The minimum Gasteiger partial charge on any atom is -0.324 e. The van der Waals surface area contributed by atoms with Crippen molar-refractivity contribution in [2.45, 2.75) is 6.54 Å². The Morgan fingerprint density at radius 2 is 1.59 bits per heavy atom. The number of amides is 1. The van der Waals surface area contributed by atoms with Crippen LogP contribution in [-0.2, 0) is 11.3 Å². The van der Waals surface area contributed by atoms with E-state index in [1.54, 1.807) is 18.2 Å². The molecule has 4 nitrogen and oxygen atoms in total. The average molecular weight is 396 g/mol. The molecule has 1 amide bonds. The Morgan fingerprint density at radius 3 is 2.33 bits per heavy atom.